The number of carbonyl (C=O) groups is 1. The Morgan fingerprint density at radius 1 is 1.00 bits per heavy atom. The molecule has 0 aromatic heterocycles. The van der Waals surface area contributed by atoms with Gasteiger partial charge >= 0.3 is 0 Å². The second-order valence-corrected chi connectivity index (χ2v) is 6.90. The van der Waals surface area contributed by atoms with E-state index in [4.69, 9.17) is 0 Å². The molecule has 0 unspecified atom stereocenters. The Balaban J connectivity index is 1.74. The molecule has 2 aromatic carbocycles. The summed E-state index contributed by atoms with van der Waals surface area (Å²) in [5, 5.41) is 5.96. The van der Waals surface area contributed by atoms with E-state index in [0.717, 1.165) is 21.7 Å². The Hall–Kier alpha value is -2.14. The van der Waals surface area contributed by atoms with Crippen LogP contribution in [-0.2, 0) is 15.6 Å². The normalized spacial score (nSPS) is 11.7. The van der Waals surface area contributed by atoms with E-state index in [2.05, 4.69) is 10.6 Å². The number of rotatable bonds is 7. The van der Waals surface area contributed by atoms with Crippen molar-refractivity contribution in [1.29, 1.82) is 0 Å². The van der Waals surface area contributed by atoms with Crippen LogP contribution in [0.5, 0.6) is 0 Å². The Bertz CT molecular complexity index is 666. The molecule has 122 valence electrons. The highest BCUT2D eigenvalue weighted by Crippen LogP contribution is 2.18. The van der Waals surface area contributed by atoms with Crippen LogP contribution in [0.4, 0.5) is 5.69 Å². The second-order valence-electron chi connectivity index (χ2n) is 5.33. The molecule has 0 aliphatic rings. The van der Waals surface area contributed by atoms with Crippen LogP contribution >= 0.6 is 0 Å². The molecule has 1 atom stereocenters. The predicted molar refractivity (Wildman–Crippen MR) is 95.1 cm³/mol. The molecule has 1 amide bonds. The molecule has 2 rings (SSSR count). The fourth-order valence-corrected chi connectivity index (χ4v) is 3.28. The van der Waals surface area contributed by atoms with Crippen molar-refractivity contribution < 1.29 is 9.00 Å². The summed E-state index contributed by atoms with van der Waals surface area (Å²) in [6.07, 6.45) is 0. The van der Waals surface area contributed by atoms with E-state index in [1.54, 1.807) is 0 Å². The van der Waals surface area contributed by atoms with Gasteiger partial charge in [-0.15, -0.1) is 0 Å². The first-order valence-corrected chi connectivity index (χ1v) is 8.90. The van der Waals surface area contributed by atoms with E-state index < -0.39 is 10.8 Å². The summed E-state index contributed by atoms with van der Waals surface area (Å²) in [5.41, 5.74) is 3.22. The lowest BCUT2D eigenvalue weighted by Crippen LogP contribution is -2.33. The van der Waals surface area contributed by atoms with Crippen LogP contribution in [0.3, 0.4) is 0 Å². The minimum Gasteiger partial charge on any atom is -0.376 e. The molecule has 0 saturated carbocycles. The number of anilines is 1. The Morgan fingerprint density at radius 2 is 1.65 bits per heavy atom. The molecule has 4 nitrogen and oxygen atoms in total. The van der Waals surface area contributed by atoms with Crippen molar-refractivity contribution in [3.8, 4) is 0 Å². The van der Waals surface area contributed by atoms with Crippen LogP contribution in [0.25, 0.3) is 0 Å². The lowest BCUT2D eigenvalue weighted by molar-refractivity contribution is -0.119. The van der Waals surface area contributed by atoms with Gasteiger partial charge in [0.05, 0.1) is 17.3 Å². The van der Waals surface area contributed by atoms with Gasteiger partial charge in [0.25, 0.3) is 0 Å². The topological polar surface area (TPSA) is 58.2 Å². The minimum absolute atomic E-state index is 0.0993. The molecule has 2 N–H and O–H groups in total. The average molecular weight is 330 g/mol. The molecule has 0 radical (unpaired) electrons. The summed E-state index contributed by atoms with van der Waals surface area (Å²) in [7, 11) is -1.08. The number of amides is 1. The Morgan fingerprint density at radius 3 is 2.30 bits per heavy atom. The third-order valence-corrected chi connectivity index (χ3v) is 4.90. The highest BCUT2D eigenvalue weighted by Gasteiger charge is 2.07. The van der Waals surface area contributed by atoms with E-state index >= 15 is 0 Å². The predicted octanol–water partition coefficient (Wildman–Crippen LogP) is 2.64. The van der Waals surface area contributed by atoms with Gasteiger partial charge in [-0.05, 0) is 37.1 Å². The first-order chi connectivity index (χ1) is 11.1. The zero-order valence-electron chi connectivity index (χ0n) is 13.5. The van der Waals surface area contributed by atoms with Gasteiger partial charge in [-0.3, -0.25) is 9.00 Å². The van der Waals surface area contributed by atoms with Gasteiger partial charge in [0, 0.05) is 22.9 Å². The number of hydrogen-bond acceptors (Lipinski definition) is 3. The van der Waals surface area contributed by atoms with Gasteiger partial charge in [0.15, 0.2) is 0 Å². The van der Waals surface area contributed by atoms with E-state index in [0.29, 0.717) is 12.3 Å². The molecule has 0 spiro atoms. The first-order valence-electron chi connectivity index (χ1n) is 7.58. The third-order valence-electron chi connectivity index (χ3n) is 3.52. The maximum atomic E-state index is 12.0. The molecule has 0 saturated heterocycles. The zero-order valence-corrected chi connectivity index (χ0v) is 14.3. The zero-order chi connectivity index (χ0) is 16.7. The Kier molecular flexibility index (Phi) is 6.35. The highest BCUT2D eigenvalue weighted by molar-refractivity contribution is 7.85. The number of benzene rings is 2. The molecular formula is C18H22N2O2S. The van der Waals surface area contributed by atoms with Crippen molar-refractivity contribution in [2.24, 2.45) is 0 Å². The number of hydrogen-bond donors (Lipinski definition) is 2. The van der Waals surface area contributed by atoms with E-state index in [1.165, 1.54) is 0 Å². The second kappa shape index (κ2) is 8.48. The van der Waals surface area contributed by atoms with E-state index in [-0.39, 0.29) is 12.5 Å². The standard InChI is InChI=1S/C18H22N2O2S/c1-14-7-6-8-15(2)18(14)20-13-17(21)19-11-12-23(22)16-9-4-3-5-10-16/h3-10,20H,11-13H2,1-2H3,(H,19,21)/t23-/m1/s1. The number of nitrogens with one attached hydrogen (secondary N) is 2. The average Bonchev–Trinajstić information content (AvgIpc) is 2.55. The lowest BCUT2D eigenvalue weighted by atomic mass is 10.1. The number of aryl methyl sites for hydroxylation is 2. The van der Waals surface area contributed by atoms with Crippen LogP contribution in [-0.4, -0.2) is 29.0 Å². The van der Waals surface area contributed by atoms with Crippen LogP contribution in [0.15, 0.2) is 53.4 Å². The van der Waals surface area contributed by atoms with Crippen LogP contribution in [0.1, 0.15) is 11.1 Å². The van der Waals surface area contributed by atoms with Gasteiger partial charge in [0.1, 0.15) is 0 Å². The van der Waals surface area contributed by atoms with Crippen molar-refractivity contribution in [3.05, 3.63) is 59.7 Å². The van der Waals surface area contributed by atoms with Gasteiger partial charge in [-0.25, -0.2) is 0 Å². The van der Waals surface area contributed by atoms with Crippen LogP contribution in [0.2, 0.25) is 0 Å². The molecule has 0 heterocycles. The lowest BCUT2D eigenvalue weighted by Gasteiger charge is -2.12. The summed E-state index contributed by atoms with van der Waals surface area (Å²) in [6.45, 7) is 4.63. The number of para-hydroxylation sites is 1. The summed E-state index contributed by atoms with van der Waals surface area (Å²) < 4.78 is 12.0. The monoisotopic (exact) mass is 330 g/mol. The minimum atomic E-state index is -1.08. The fraction of sp³-hybridized carbons (Fsp3) is 0.278. The molecular weight excluding hydrogens is 308 g/mol. The molecule has 0 fully saturated rings. The van der Waals surface area contributed by atoms with Crippen LogP contribution < -0.4 is 10.6 Å². The van der Waals surface area contributed by atoms with Crippen molar-refractivity contribution in [2.75, 3.05) is 24.2 Å². The van der Waals surface area contributed by atoms with Gasteiger partial charge in [-0.1, -0.05) is 36.4 Å². The Labute approximate surface area is 139 Å². The molecule has 0 bridgehead atoms. The molecule has 5 heteroatoms. The SMILES string of the molecule is Cc1cccc(C)c1NCC(=O)NCC[S@@](=O)c1ccccc1. The van der Waals surface area contributed by atoms with E-state index in [9.17, 15) is 9.00 Å². The molecule has 0 aliphatic heterocycles. The summed E-state index contributed by atoms with van der Waals surface area (Å²) in [4.78, 5) is 12.7. The summed E-state index contributed by atoms with van der Waals surface area (Å²) in [6, 6.07) is 15.3. The summed E-state index contributed by atoms with van der Waals surface area (Å²) >= 11 is 0. The summed E-state index contributed by atoms with van der Waals surface area (Å²) in [5.74, 6) is 0.316. The molecule has 23 heavy (non-hydrogen) atoms. The van der Waals surface area contributed by atoms with Gasteiger partial charge in [-0.2, -0.15) is 0 Å². The highest BCUT2D eigenvalue weighted by atomic mass is 32.2. The van der Waals surface area contributed by atoms with Crippen molar-refractivity contribution in [3.63, 3.8) is 0 Å². The fourth-order valence-electron chi connectivity index (χ4n) is 2.30. The maximum Gasteiger partial charge on any atom is 0.239 e. The van der Waals surface area contributed by atoms with Gasteiger partial charge in [0.2, 0.25) is 5.91 Å². The van der Waals surface area contributed by atoms with Gasteiger partial charge < -0.3 is 10.6 Å². The smallest absolute Gasteiger partial charge is 0.239 e. The molecule has 2 aromatic rings. The quantitative estimate of drug-likeness (QED) is 0.820. The van der Waals surface area contributed by atoms with E-state index in [1.807, 2.05) is 62.4 Å². The van der Waals surface area contributed by atoms with Crippen molar-refractivity contribution in [1.82, 2.24) is 5.32 Å². The number of carbonyl (C=O) groups excluding carboxylic acids is 1. The maximum absolute atomic E-state index is 12.0. The third kappa shape index (κ3) is 5.21. The van der Waals surface area contributed by atoms with Crippen molar-refractivity contribution >= 4 is 22.4 Å². The largest absolute Gasteiger partial charge is 0.376 e. The van der Waals surface area contributed by atoms with Crippen molar-refractivity contribution in [2.45, 2.75) is 18.7 Å². The molecule has 0 aliphatic carbocycles. The first kappa shape index (κ1) is 17.2. The van der Waals surface area contributed by atoms with Crippen LogP contribution in [0, 0.1) is 13.8 Å².